The van der Waals surface area contributed by atoms with Crippen LogP contribution in [-0.2, 0) is 4.79 Å². The Labute approximate surface area is 102 Å². The highest BCUT2D eigenvalue weighted by molar-refractivity contribution is 5.90. The number of hydrogen-bond acceptors (Lipinski definition) is 4. The Bertz CT molecular complexity index is 395. The van der Waals surface area contributed by atoms with E-state index in [2.05, 4.69) is 20.6 Å². The number of nitrogens with zero attached hydrogens (tertiary/aromatic N) is 2. The van der Waals surface area contributed by atoms with E-state index in [1.807, 2.05) is 27.8 Å². The molecule has 0 aliphatic heterocycles. The second kappa shape index (κ2) is 5.23. The third-order valence-corrected chi connectivity index (χ3v) is 2.51. The second-order valence-electron chi connectivity index (χ2n) is 4.80. The topological polar surface area (TPSA) is 66.9 Å². The zero-order valence-corrected chi connectivity index (χ0v) is 11.1. The van der Waals surface area contributed by atoms with Gasteiger partial charge in [0.15, 0.2) is 0 Å². The van der Waals surface area contributed by atoms with Crippen LogP contribution in [0.2, 0.25) is 0 Å². The van der Waals surface area contributed by atoms with Crippen molar-refractivity contribution in [2.75, 3.05) is 12.4 Å². The van der Waals surface area contributed by atoms with Crippen molar-refractivity contribution in [1.82, 2.24) is 15.3 Å². The first-order chi connectivity index (χ1) is 7.82. The molecule has 5 heteroatoms. The van der Waals surface area contributed by atoms with E-state index in [-0.39, 0.29) is 11.4 Å². The molecule has 0 atom stereocenters. The zero-order valence-electron chi connectivity index (χ0n) is 11.1. The Hall–Kier alpha value is -1.49. The van der Waals surface area contributed by atoms with Crippen molar-refractivity contribution in [2.45, 2.75) is 39.7 Å². The van der Waals surface area contributed by atoms with Gasteiger partial charge < -0.3 is 10.6 Å². The van der Waals surface area contributed by atoms with Crippen LogP contribution in [0, 0.1) is 13.8 Å². The minimum absolute atomic E-state index is 0.0538. The molecule has 0 spiro atoms. The number of rotatable bonds is 4. The molecule has 17 heavy (non-hydrogen) atoms. The predicted molar refractivity (Wildman–Crippen MR) is 67.9 cm³/mol. The number of carbonyl (C=O) groups excluding carboxylic acids is 1. The highest BCUT2D eigenvalue weighted by Gasteiger charge is 2.19. The number of hydrogen-bond donors (Lipinski definition) is 2. The monoisotopic (exact) mass is 236 g/mol. The van der Waals surface area contributed by atoms with Gasteiger partial charge in [0, 0.05) is 23.7 Å². The predicted octanol–water partition coefficient (Wildman–Crippen LogP) is 1.42. The number of anilines is 1. The number of carbonyl (C=O) groups is 1. The summed E-state index contributed by atoms with van der Waals surface area (Å²) in [6.07, 6.45) is 0.394. The SMILES string of the molecule is CNC(C)(C)CC(=O)Nc1cc(C)nc(C)n1. The maximum atomic E-state index is 11.8. The maximum Gasteiger partial charge on any atom is 0.227 e. The molecule has 5 nitrogen and oxygen atoms in total. The molecular formula is C12H20N4O. The summed E-state index contributed by atoms with van der Waals surface area (Å²) < 4.78 is 0. The molecule has 1 amide bonds. The van der Waals surface area contributed by atoms with Crippen molar-refractivity contribution in [3.05, 3.63) is 17.6 Å². The lowest BCUT2D eigenvalue weighted by Crippen LogP contribution is -2.39. The standard InChI is InChI=1S/C12H20N4O/c1-8-6-10(15-9(2)14-8)16-11(17)7-12(3,4)13-5/h6,13H,7H2,1-5H3,(H,14,15,16,17). The molecule has 0 saturated carbocycles. The first-order valence-electron chi connectivity index (χ1n) is 5.63. The Kier molecular flexibility index (Phi) is 4.17. The third-order valence-electron chi connectivity index (χ3n) is 2.51. The molecule has 0 saturated heterocycles. The van der Waals surface area contributed by atoms with E-state index in [1.54, 1.807) is 13.0 Å². The van der Waals surface area contributed by atoms with Gasteiger partial charge >= 0.3 is 0 Å². The molecule has 1 rings (SSSR count). The van der Waals surface area contributed by atoms with Gasteiger partial charge in [0.1, 0.15) is 11.6 Å². The van der Waals surface area contributed by atoms with Gasteiger partial charge in [0.25, 0.3) is 0 Å². The van der Waals surface area contributed by atoms with E-state index < -0.39 is 0 Å². The van der Waals surface area contributed by atoms with E-state index in [0.717, 1.165) is 5.69 Å². The van der Waals surface area contributed by atoms with E-state index in [0.29, 0.717) is 18.1 Å². The van der Waals surface area contributed by atoms with Crippen molar-refractivity contribution >= 4 is 11.7 Å². The van der Waals surface area contributed by atoms with Crippen LogP contribution in [0.15, 0.2) is 6.07 Å². The average Bonchev–Trinajstić information content (AvgIpc) is 2.14. The average molecular weight is 236 g/mol. The lowest BCUT2D eigenvalue weighted by Gasteiger charge is -2.22. The van der Waals surface area contributed by atoms with Crippen LogP contribution in [0.3, 0.4) is 0 Å². The minimum Gasteiger partial charge on any atom is -0.314 e. The molecule has 0 fully saturated rings. The van der Waals surface area contributed by atoms with Gasteiger partial charge in [-0.1, -0.05) is 0 Å². The maximum absolute atomic E-state index is 11.8. The molecule has 0 radical (unpaired) electrons. The van der Waals surface area contributed by atoms with E-state index >= 15 is 0 Å². The van der Waals surface area contributed by atoms with Crippen LogP contribution in [-0.4, -0.2) is 28.5 Å². The number of nitrogens with one attached hydrogen (secondary N) is 2. The molecule has 0 unspecified atom stereocenters. The first-order valence-corrected chi connectivity index (χ1v) is 5.63. The molecule has 0 aliphatic carbocycles. The Morgan fingerprint density at radius 3 is 2.53 bits per heavy atom. The zero-order chi connectivity index (χ0) is 13.1. The van der Waals surface area contributed by atoms with Gasteiger partial charge in [-0.2, -0.15) is 0 Å². The van der Waals surface area contributed by atoms with E-state index in [9.17, 15) is 4.79 Å². The van der Waals surface area contributed by atoms with Crippen LogP contribution in [0.4, 0.5) is 5.82 Å². The van der Waals surface area contributed by atoms with E-state index in [1.165, 1.54) is 0 Å². The smallest absolute Gasteiger partial charge is 0.227 e. The summed E-state index contributed by atoms with van der Waals surface area (Å²) in [6, 6.07) is 1.76. The molecule has 0 aromatic carbocycles. The molecular weight excluding hydrogens is 216 g/mol. The summed E-state index contributed by atoms with van der Waals surface area (Å²) in [6.45, 7) is 7.63. The summed E-state index contributed by atoms with van der Waals surface area (Å²) in [5, 5.41) is 5.87. The summed E-state index contributed by atoms with van der Waals surface area (Å²) in [5.41, 5.74) is 0.627. The second-order valence-corrected chi connectivity index (χ2v) is 4.80. The number of aromatic nitrogens is 2. The first kappa shape index (κ1) is 13.6. The van der Waals surface area contributed by atoms with Crippen LogP contribution in [0.1, 0.15) is 31.8 Å². The van der Waals surface area contributed by atoms with Crippen molar-refractivity contribution in [3.63, 3.8) is 0 Å². The van der Waals surface area contributed by atoms with Crippen LogP contribution >= 0.6 is 0 Å². The normalized spacial score (nSPS) is 11.4. The highest BCUT2D eigenvalue weighted by Crippen LogP contribution is 2.11. The summed E-state index contributed by atoms with van der Waals surface area (Å²) in [4.78, 5) is 20.1. The molecule has 0 aliphatic rings. The Morgan fingerprint density at radius 2 is 2.00 bits per heavy atom. The molecule has 1 aromatic rings. The summed E-state index contributed by atoms with van der Waals surface area (Å²) >= 11 is 0. The number of aryl methyl sites for hydroxylation is 2. The third kappa shape index (κ3) is 4.48. The summed E-state index contributed by atoms with van der Waals surface area (Å²) in [5.74, 6) is 1.17. The van der Waals surface area contributed by atoms with Gasteiger partial charge in [-0.3, -0.25) is 4.79 Å². The van der Waals surface area contributed by atoms with Crippen molar-refractivity contribution in [1.29, 1.82) is 0 Å². The van der Waals surface area contributed by atoms with Crippen LogP contribution in [0.5, 0.6) is 0 Å². The minimum atomic E-state index is -0.221. The van der Waals surface area contributed by atoms with Gasteiger partial charge in [-0.25, -0.2) is 9.97 Å². The van der Waals surface area contributed by atoms with E-state index in [4.69, 9.17) is 0 Å². The Balaban J connectivity index is 2.68. The molecule has 0 bridgehead atoms. The van der Waals surface area contributed by atoms with Crippen molar-refractivity contribution in [2.24, 2.45) is 0 Å². The largest absolute Gasteiger partial charge is 0.314 e. The molecule has 94 valence electrons. The molecule has 2 N–H and O–H groups in total. The van der Waals surface area contributed by atoms with Crippen molar-refractivity contribution < 1.29 is 4.79 Å². The van der Waals surface area contributed by atoms with Gasteiger partial charge in [-0.05, 0) is 34.7 Å². The number of amides is 1. The quantitative estimate of drug-likeness (QED) is 0.829. The lowest BCUT2D eigenvalue weighted by molar-refractivity contribution is -0.117. The fourth-order valence-electron chi connectivity index (χ4n) is 1.46. The highest BCUT2D eigenvalue weighted by atomic mass is 16.1. The van der Waals surface area contributed by atoms with Gasteiger partial charge in [-0.15, -0.1) is 0 Å². The van der Waals surface area contributed by atoms with Gasteiger partial charge in [0.2, 0.25) is 5.91 Å². The Morgan fingerprint density at radius 1 is 1.35 bits per heavy atom. The van der Waals surface area contributed by atoms with Crippen molar-refractivity contribution in [3.8, 4) is 0 Å². The van der Waals surface area contributed by atoms with Crippen LogP contribution < -0.4 is 10.6 Å². The van der Waals surface area contributed by atoms with Gasteiger partial charge in [0.05, 0.1) is 0 Å². The van der Waals surface area contributed by atoms with Crippen LogP contribution in [0.25, 0.3) is 0 Å². The summed E-state index contributed by atoms with van der Waals surface area (Å²) in [7, 11) is 1.84. The molecule has 1 heterocycles. The fraction of sp³-hybridized carbons (Fsp3) is 0.583. The lowest BCUT2D eigenvalue weighted by atomic mass is 10.0. The molecule has 1 aromatic heterocycles. The fourth-order valence-corrected chi connectivity index (χ4v) is 1.46.